The molecule has 2 saturated heterocycles. The van der Waals surface area contributed by atoms with Gasteiger partial charge in [-0.15, -0.1) is 0 Å². The third kappa shape index (κ3) is 5.57. The van der Waals surface area contributed by atoms with Crippen LogP contribution in [-0.4, -0.2) is 73.6 Å². The normalized spacial score (nSPS) is 25.5. The fourth-order valence-electron chi connectivity index (χ4n) is 4.27. The number of carbonyl (C=O) groups excluding carboxylic acids is 2. The summed E-state index contributed by atoms with van der Waals surface area (Å²) in [7, 11) is -1.45. The second-order valence-electron chi connectivity index (χ2n) is 9.21. The van der Waals surface area contributed by atoms with E-state index in [1.165, 1.54) is 4.90 Å². The molecule has 0 radical (unpaired) electrons. The number of hydrogen-bond acceptors (Lipinski definition) is 6. The number of methoxy groups -OCH3 is 1. The van der Waals surface area contributed by atoms with Gasteiger partial charge in [-0.05, 0) is 49.8 Å². The smallest absolute Gasteiger partial charge is 0.326 e. The second-order valence-corrected chi connectivity index (χ2v) is 11.4. The number of benzene rings is 1. The van der Waals surface area contributed by atoms with E-state index in [0.717, 1.165) is 11.3 Å². The van der Waals surface area contributed by atoms with Gasteiger partial charge < -0.3 is 10.1 Å². The lowest BCUT2D eigenvalue weighted by atomic mass is 9.93. The average molecular weight is 452 g/mol. The molecule has 0 aromatic heterocycles. The number of nitrogens with zero attached hydrogens (tertiary/aromatic N) is 2. The molecule has 1 aromatic rings. The summed E-state index contributed by atoms with van der Waals surface area (Å²) >= 11 is 0. The predicted octanol–water partition coefficient (Wildman–Crippen LogP) is 2.04. The predicted molar refractivity (Wildman–Crippen MR) is 119 cm³/mol. The van der Waals surface area contributed by atoms with E-state index < -0.39 is 21.4 Å². The van der Waals surface area contributed by atoms with Crippen molar-refractivity contribution in [3.63, 3.8) is 0 Å². The van der Waals surface area contributed by atoms with E-state index in [1.807, 2.05) is 43.0 Å². The zero-order chi connectivity index (χ0) is 22.8. The van der Waals surface area contributed by atoms with Crippen LogP contribution in [0.5, 0.6) is 5.75 Å². The summed E-state index contributed by atoms with van der Waals surface area (Å²) in [5.74, 6) is 1.03. The van der Waals surface area contributed by atoms with Crippen LogP contribution in [0.4, 0.5) is 4.79 Å². The minimum absolute atomic E-state index is 0.0815. The molecule has 0 saturated carbocycles. The minimum atomic E-state index is -3.06. The van der Waals surface area contributed by atoms with Crippen LogP contribution in [0.2, 0.25) is 0 Å². The lowest BCUT2D eigenvalue weighted by molar-refractivity contribution is -0.132. The lowest BCUT2D eigenvalue weighted by Crippen LogP contribution is -2.49. The Hall–Kier alpha value is -2.13. The number of aryl methyl sites for hydroxylation is 1. The Morgan fingerprint density at radius 3 is 2.48 bits per heavy atom. The van der Waals surface area contributed by atoms with Crippen molar-refractivity contribution >= 4 is 21.8 Å². The van der Waals surface area contributed by atoms with Crippen molar-refractivity contribution in [2.75, 3.05) is 31.8 Å². The summed E-state index contributed by atoms with van der Waals surface area (Å²) in [4.78, 5) is 29.1. The van der Waals surface area contributed by atoms with Gasteiger partial charge in [-0.1, -0.05) is 26.0 Å². The molecule has 2 aliphatic heterocycles. The van der Waals surface area contributed by atoms with Gasteiger partial charge in [0.05, 0.1) is 25.3 Å². The number of sulfone groups is 1. The van der Waals surface area contributed by atoms with Crippen molar-refractivity contribution < 1.29 is 22.7 Å². The third-order valence-electron chi connectivity index (χ3n) is 6.07. The molecule has 3 rings (SSSR count). The van der Waals surface area contributed by atoms with Crippen LogP contribution >= 0.6 is 0 Å². The Balaban J connectivity index is 1.68. The van der Waals surface area contributed by atoms with Crippen molar-refractivity contribution in [3.05, 3.63) is 29.8 Å². The van der Waals surface area contributed by atoms with Crippen LogP contribution in [0.1, 0.15) is 39.2 Å². The van der Waals surface area contributed by atoms with E-state index in [0.29, 0.717) is 25.8 Å². The molecule has 2 heterocycles. The molecular weight excluding hydrogens is 418 g/mol. The Kier molecular flexibility index (Phi) is 6.95. The number of carbonyl (C=O) groups is 2. The molecular formula is C22H33N3O5S. The zero-order valence-corrected chi connectivity index (χ0v) is 19.6. The van der Waals surface area contributed by atoms with E-state index in [2.05, 4.69) is 5.32 Å². The highest BCUT2D eigenvalue weighted by Crippen LogP contribution is 2.26. The van der Waals surface area contributed by atoms with Gasteiger partial charge in [-0.2, -0.15) is 0 Å². The summed E-state index contributed by atoms with van der Waals surface area (Å²) in [5, 5.41) is 2.86. The number of rotatable bonds is 9. The molecule has 31 heavy (non-hydrogen) atoms. The van der Waals surface area contributed by atoms with Gasteiger partial charge in [0.2, 0.25) is 0 Å². The molecule has 0 spiro atoms. The van der Waals surface area contributed by atoms with Crippen molar-refractivity contribution in [1.82, 2.24) is 15.1 Å². The van der Waals surface area contributed by atoms with Crippen molar-refractivity contribution in [1.29, 1.82) is 0 Å². The average Bonchev–Trinajstić information content (AvgIpc) is 3.17. The van der Waals surface area contributed by atoms with Crippen LogP contribution in [0.15, 0.2) is 24.3 Å². The summed E-state index contributed by atoms with van der Waals surface area (Å²) in [5.41, 5.74) is 0.0718. The van der Waals surface area contributed by atoms with Crippen molar-refractivity contribution in [3.8, 4) is 5.75 Å². The molecule has 1 aromatic carbocycles. The molecule has 2 aliphatic rings. The van der Waals surface area contributed by atoms with E-state index >= 15 is 0 Å². The number of nitrogens with one attached hydrogen (secondary N) is 1. The van der Waals surface area contributed by atoms with E-state index in [4.69, 9.17) is 4.74 Å². The second kappa shape index (κ2) is 9.16. The van der Waals surface area contributed by atoms with Gasteiger partial charge in [0.1, 0.15) is 11.3 Å². The Morgan fingerprint density at radius 1 is 1.26 bits per heavy atom. The highest BCUT2D eigenvalue weighted by molar-refractivity contribution is 7.91. The summed E-state index contributed by atoms with van der Waals surface area (Å²) < 4.78 is 29.1. The maximum Gasteiger partial charge on any atom is 0.326 e. The van der Waals surface area contributed by atoms with E-state index in [1.54, 1.807) is 14.0 Å². The summed E-state index contributed by atoms with van der Waals surface area (Å²) in [6, 6.07) is 7.06. The van der Waals surface area contributed by atoms with Gasteiger partial charge in [-0.3, -0.25) is 9.69 Å². The molecule has 8 nitrogen and oxygen atoms in total. The highest BCUT2D eigenvalue weighted by Gasteiger charge is 2.48. The van der Waals surface area contributed by atoms with Crippen LogP contribution in [0.25, 0.3) is 0 Å². The largest absolute Gasteiger partial charge is 0.497 e. The Morgan fingerprint density at radius 2 is 1.94 bits per heavy atom. The van der Waals surface area contributed by atoms with Gasteiger partial charge in [-0.25, -0.2) is 18.1 Å². The Labute approximate surface area is 184 Å². The van der Waals surface area contributed by atoms with Gasteiger partial charge in [0, 0.05) is 12.6 Å². The number of hydrogen-bond donors (Lipinski definition) is 1. The molecule has 2 atom stereocenters. The molecule has 2 unspecified atom stereocenters. The quantitative estimate of drug-likeness (QED) is 0.577. The van der Waals surface area contributed by atoms with Gasteiger partial charge >= 0.3 is 6.03 Å². The maximum absolute atomic E-state index is 13.2. The van der Waals surface area contributed by atoms with Crippen LogP contribution in [0.3, 0.4) is 0 Å². The SMILES string of the molecule is COc1ccc(CCC2(C)NC(=O)N(CN(CC(C)C)C3CCS(=O)(=O)C3)C2=O)cc1. The monoisotopic (exact) mass is 451 g/mol. The molecule has 2 fully saturated rings. The fraction of sp³-hybridized carbons (Fsp3) is 0.636. The van der Waals surface area contributed by atoms with Crippen molar-refractivity contribution in [2.24, 2.45) is 5.92 Å². The first kappa shape index (κ1) is 23.5. The van der Waals surface area contributed by atoms with Crippen LogP contribution < -0.4 is 10.1 Å². The van der Waals surface area contributed by atoms with Crippen LogP contribution in [0, 0.1) is 5.92 Å². The number of amides is 3. The van der Waals surface area contributed by atoms with Gasteiger partial charge in [0.25, 0.3) is 5.91 Å². The lowest BCUT2D eigenvalue weighted by Gasteiger charge is -2.32. The first-order valence-electron chi connectivity index (χ1n) is 10.7. The number of imide groups is 1. The summed E-state index contributed by atoms with van der Waals surface area (Å²) in [6.45, 7) is 6.58. The Bertz CT molecular complexity index is 916. The maximum atomic E-state index is 13.2. The van der Waals surface area contributed by atoms with Gasteiger partial charge in [0.15, 0.2) is 9.84 Å². The summed E-state index contributed by atoms with van der Waals surface area (Å²) in [6.07, 6.45) is 1.65. The van der Waals surface area contributed by atoms with E-state index in [-0.39, 0.29) is 36.0 Å². The molecule has 9 heteroatoms. The topological polar surface area (TPSA) is 96.0 Å². The molecule has 0 bridgehead atoms. The molecule has 1 N–H and O–H groups in total. The number of ether oxygens (including phenoxy) is 1. The molecule has 3 amide bonds. The first-order chi connectivity index (χ1) is 14.5. The molecule has 172 valence electrons. The molecule has 0 aliphatic carbocycles. The fourth-order valence-corrected chi connectivity index (χ4v) is 6.03. The third-order valence-corrected chi connectivity index (χ3v) is 7.82. The first-order valence-corrected chi connectivity index (χ1v) is 12.6. The highest BCUT2D eigenvalue weighted by atomic mass is 32.2. The van der Waals surface area contributed by atoms with Crippen molar-refractivity contribution in [2.45, 2.75) is 51.6 Å². The zero-order valence-electron chi connectivity index (χ0n) is 18.8. The minimum Gasteiger partial charge on any atom is -0.497 e. The van der Waals surface area contributed by atoms with Crippen LogP contribution in [-0.2, 0) is 21.1 Å². The standard InChI is InChI=1S/C22H33N3O5S/c1-16(2)13-24(18-10-12-31(28,29)14-18)15-25-20(26)22(3,23-21(25)27)11-9-17-5-7-19(30-4)8-6-17/h5-8,16,18H,9-15H2,1-4H3,(H,23,27). The number of urea groups is 1. The van der Waals surface area contributed by atoms with E-state index in [9.17, 15) is 18.0 Å².